The van der Waals surface area contributed by atoms with Gasteiger partial charge in [0.1, 0.15) is 0 Å². The molecule has 0 bridgehead atoms. The van der Waals surface area contributed by atoms with Crippen molar-refractivity contribution >= 4 is 5.97 Å². The molecule has 0 aliphatic heterocycles. The lowest BCUT2D eigenvalue weighted by molar-refractivity contribution is -0.144. The van der Waals surface area contributed by atoms with Crippen LogP contribution in [0.25, 0.3) is 0 Å². The van der Waals surface area contributed by atoms with Crippen LogP contribution in [0, 0.1) is 0 Å². The Labute approximate surface area is 119 Å². The van der Waals surface area contributed by atoms with Crippen LogP contribution in [-0.4, -0.2) is 37.1 Å². The third-order valence-corrected chi connectivity index (χ3v) is 3.31. The molecule has 114 valence electrons. The quantitative estimate of drug-likeness (QED) is 0.374. The highest BCUT2D eigenvalue weighted by molar-refractivity contribution is 5.71. The van der Waals surface area contributed by atoms with Crippen LogP contribution in [0.2, 0.25) is 0 Å². The second-order valence-corrected chi connectivity index (χ2v) is 5.20. The van der Waals surface area contributed by atoms with E-state index in [1.54, 1.807) is 0 Å². The summed E-state index contributed by atoms with van der Waals surface area (Å²) in [5.74, 6) is -0.0755. The van der Waals surface area contributed by atoms with Crippen LogP contribution < -0.4 is 0 Å². The molecule has 0 saturated heterocycles. The maximum Gasteiger partial charge on any atom is 0.320 e. The van der Waals surface area contributed by atoms with Gasteiger partial charge in [-0.05, 0) is 32.9 Å². The van der Waals surface area contributed by atoms with E-state index in [-0.39, 0.29) is 5.97 Å². The fraction of sp³-hybridized carbons (Fsp3) is 0.938. The largest absolute Gasteiger partial charge is 0.465 e. The third-order valence-electron chi connectivity index (χ3n) is 3.31. The number of carbonyl (C=O) groups is 1. The van der Waals surface area contributed by atoms with Crippen molar-refractivity contribution in [2.75, 3.05) is 26.2 Å². The second-order valence-electron chi connectivity index (χ2n) is 5.20. The number of esters is 1. The summed E-state index contributed by atoms with van der Waals surface area (Å²) in [5, 5.41) is 0. The molecule has 3 nitrogen and oxygen atoms in total. The van der Waals surface area contributed by atoms with Gasteiger partial charge in [0.15, 0.2) is 0 Å². The molecule has 0 spiro atoms. The summed E-state index contributed by atoms with van der Waals surface area (Å²) in [6, 6.07) is 0. The molecule has 0 N–H and O–H groups in total. The van der Waals surface area contributed by atoms with E-state index in [1.165, 1.54) is 51.4 Å². The van der Waals surface area contributed by atoms with Gasteiger partial charge in [-0.2, -0.15) is 0 Å². The first kappa shape index (κ1) is 18.4. The summed E-state index contributed by atoms with van der Waals surface area (Å²) in [6.07, 6.45) is 10.0. The topological polar surface area (TPSA) is 29.5 Å². The Hall–Kier alpha value is -0.570. The second kappa shape index (κ2) is 13.9. The number of hydrogen-bond acceptors (Lipinski definition) is 3. The number of hydrogen-bond donors (Lipinski definition) is 0. The first-order valence-corrected chi connectivity index (χ1v) is 8.12. The van der Waals surface area contributed by atoms with Crippen molar-refractivity contribution in [3.05, 3.63) is 0 Å². The Balaban J connectivity index is 3.88. The molecule has 0 aromatic heterocycles. The predicted octanol–water partition coefficient (Wildman–Crippen LogP) is 4.01. The van der Waals surface area contributed by atoms with Crippen LogP contribution in [0.15, 0.2) is 0 Å². The lowest BCUT2D eigenvalue weighted by Crippen LogP contribution is -2.32. The first-order chi connectivity index (χ1) is 9.24. The van der Waals surface area contributed by atoms with E-state index in [2.05, 4.69) is 18.7 Å². The average Bonchev–Trinajstić information content (AvgIpc) is 2.39. The molecule has 3 heteroatoms. The summed E-state index contributed by atoms with van der Waals surface area (Å²) in [6.45, 7) is 9.33. The van der Waals surface area contributed by atoms with Crippen molar-refractivity contribution in [1.29, 1.82) is 0 Å². The van der Waals surface area contributed by atoms with Crippen LogP contribution in [0.3, 0.4) is 0 Å². The van der Waals surface area contributed by atoms with Crippen LogP contribution in [0.4, 0.5) is 0 Å². The molecule has 0 aromatic carbocycles. The van der Waals surface area contributed by atoms with Gasteiger partial charge in [0, 0.05) is 0 Å². The van der Waals surface area contributed by atoms with E-state index in [4.69, 9.17) is 4.74 Å². The van der Waals surface area contributed by atoms with Gasteiger partial charge in [0.25, 0.3) is 0 Å². The molecule has 0 rings (SSSR count). The van der Waals surface area contributed by atoms with E-state index >= 15 is 0 Å². The number of unbranched alkanes of at least 4 members (excludes halogenated alkanes) is 6. The van der Waals surface area contributed by atoms with Crippen molar-refractivity contribution in [3.8, 4) is 0 Å². The number of ether oxygens (including phenoxy) is 1. The van der Waals surface area contributed by atoms with Gasteiger partial charge in [0.05, 0.1) is 13.2 Å². The van der Waals surface area contributed by atoms with E-state index in [0.717, 1.165) is 13.1 Å². The van der Waals surface area contributed by atoms with Crippen LogP contribution in [-0.2, 0) is 9.53 Å². The van der Waals surface area contributed by atoms with Gasteiger partial charge in [-0.1, -0.05) is 52.4 Å². The first-order valence-electron chi connectivity index (χ1n) is 8.12. The SMILES string of the molecule is CCCCCCN(CCCCCC)CC(=O)OCC. The lowest BCUT2D eigenvalue weighted by Gasteiger charge is -2.21. The fourth-order valence-electron chi connectivity index (χ4n) is 2.18. The zero-order valence-electron chi connectivity index (χ0n) is 13.2. The highest BCUT2D eigenvalue weighted by Crippen LogP contribution is 2.05. The lowest BCUT2D eigenvalue weighted by atomic mass is 10.1. The van der Waals surface area contributed by atoms with E-state index in [9.17, 15) is 4.79 Å². The van der Waals surface area contributed by atoms with Crippen molar-refractivity contribution in [2.24, 2.45) is 0 Å². The summed E-state index contributed by atoms with van der Waals surface area (Å²) < 4.78 is 5.05. The molecular weight excluding hydrogens is 238 g/mol. The Morgan fingerprint density at radius 3 is 1.79 bits per heavy atom. The summed E-state index contributed by atoms with van der Waals surface area (Å²) >= 11 is 0. The molecule has 0 aliphatic rings. The molecule has 0 saturated carbocycles. The summed E-state index contributed by atoms with van der Waals surface area (Å²) in [4.78, 5) is 13.8. The molecule has 0 aromatic rings. The Kier molecular flexibility index (Phi) is 13.4. The van der Waals surface area contributed by atoms with Crippen LogP contribution in [0.5, 0.6) is 0 Å². The van der Waals surface area contributed by atoms with E-state index < -0.39 is 0 Å². The third kappa shape index (κ3) is 12.2. The molecular formula is C16H33NO2. The van der Waals surface area contributed by atoms with Crippen LogP contribution >= 0.6 is 0 Å². The van der Waals surface area contributed by atoms with Crippen molar-refractivity contribution in [1.82, 2.24) is 4.90 Å². The monoisotopic (exact) mass is 271 g/mol. The van der Waals surface area contributed by atoms with Crippen molar-refractivity contribution in [3.63, 3.8) is 0 Å². The van der Waals surface area contributed by atoms with Gasteiger partial charge in [-0.3, -0.25) is 9.69 Å². The predicted molar refractivity (Wildman–Crippen MR) is 81.4 cm³/mol. The number of nitrogens with zero attached hydrogens (tertiary/aromatic N) is 1. The van der Waals surface area contributed by atoms with Gasteiger partial charge < -0.3 is 4.74 Å². The van der Waals surface area contributed by atoms with Crippen LogP contribution in [0.1, 0.15) is 72.1 Å². The van der Waals surface area contributed by atoms with Gasteiger partial charge >= 0.3 is 5.97 Å². The van der Waals surface area contributed by atoms with Crippen molar-refractivity contribution in [2.45, 2.75) is 72.1 Å². The summed E-state index contributed by atoms with van der Waals surface area (Å²) in [7, 11) is 0. The minimum Gasteiger partial charge on any atom is -0.465 e. The normalized spacial score (nSPS) is 10.9. The molecule has 0 radical (unpaired) electrons. The molecule has 0 fully saturated rings. The maximum absolute atomic E-state index is 11.6. The molecule has 0 unspecified atom stereocenters. The highest BCUT2D eigenvalue weighted by Gasteiger charge is 2.10. The Morgan fingerprint density at radius 1 is 0.842 bits per heavy atom. The summed E-state index contributed by atoms with van der Waals surface area (Å²) in [5.41, 5.74) is 0. The van der Waals surface area contributed by atoms with Crippen molar-refractivity contribution < 1.29 is 9.53 Å². The van der Waals surface area contributed by atoms with Gasteiger partial charge in [0.2, 0.25) is 0 Å². The fourth-order valence-corrected chi connectivity index (χ4v) is 2.18. The maximum atomic E-state index is 11.6. The number of rotatable bonds is 13. The molecule has 0 heterocycles. The Morgan fingerprint density at radius 2 is 1.37 bits per heavy atom. The highest BCUT2D eigenvalue weighted by atomic mass is 16.5. The van der Waals surface area contributed by atoms with E-state index in [1.807, 2.05) is 6.92 Å². The zero-order chi connectivity index (χ0) is 14.3. The smallest absolute Gasteiger partial charge is 0.320 e. The standard InChI is InChI=1S/C16H33NO2/c1-4-7-9-11-13-17(14-12-10-8-5-2)15-16(18)19-6-3/h4-15H2,1-3H3. The van der Waals surface area contributed by atoms with E-state index in [0.29, 0.717) is 13.2 Å². The zero-order valence-corrected chi connectivity index (χ0v) is 13.2. The van der Waals surface area contributed by atoms with Gasteiger partial charge in [-0.15, -0.1) is 0 Å². The Bertz CT molecular complexity index is 195. The van der Waals surface area contributed by atoms with Gasteiger partial charge in [-0.25, -0.2) is 0 Å². The molecule has 19 heavy (non-hydrogen) atoms. The molecule has 0 aliphatic carbocycles. The number of carbonyl (C=O) groups excluding carboxylic acids is 1. The minimum absolute atomic E-state index is 0.0755. The minimum atomic E-state index is -0.0755. The molecule has 0 amide bonds. The average molecular weight is 271 g/mol. The molecule has 0 atom stereocenters.